The van der Waals surface area contributed by atoms with Crippen molar-refractivity contribution in [2.24, 2.45) is 0 Å². The molecule has 12 bridgehead atoms. The molecule has 0 saturated carbocycles. The highest BCUT2D eigenvalue weighted by atomic mass is 15.7. The van der Waals surface area contributed by atoms with E-state index in [9.17, 15) is 0 Å². The van der Waals surface area contributed by atoms with Crippen LogP contribution in [0.3, 0.4) is 0 Å². The van der Waals surface area contributed by atoms with Crippen molar-refractivity contribution >= 4 is 0 Å². The summed E-state index contributed by atoms with van der Waals surface area (Å²) in [6.07, 6.45) is 2.62. The molecular weight excluding hydrogens is 544 g/mol. The molecule has 0 aromatic heterocycles. The average molecular weight is 597 g/mol. The highest BCUT2D eigenvalue weighted by Crippen LogP contribution is 2.47. The van der Waals surface area contributed by atoms with Crippen LogP contribution in [0.1, 0.15) is 22.3 Å². The first-order valence-electron chi connectivity index (χ1n) is 18.1. The van der Waals surface area contributed by atoms with E-state index in [1.165, 1.54) is 149 Å². The Hall–Kier alpha value is -1.88. The normalized spacial score (nSPS) is 46.2. The molecule has 44 heavy (non-hydrogen) atoms. The summed E-state index contributed by atoms with van der Waals surface area (Å²) in [6, 6.07) is 20.3. The summed E-state index contributed by atoms with van der Waals surface area (Å²) in [6.45, 7) is 25.8. The Labute approximate surface area is 263 Å². The van der Waals surface area contributed by atoms with Gasteiger partial charge >= 0.3 is 0 Å². The van der Waals surface area contributed by atoms with E-state index in [1.807, 2.05) is 0 Å². The fourth-order valence-electron chi connectivity index (χ4n) is 12.9. The van der Waals surface area contributed by atoms with Gasteiger partial charge in [0.25, 0.3) is 0 Å². The van der Waals surface area contributed by atoms with Gasteiger partial charge in [-0.05, 0) is 6.07 Å². The van der Waals surface area contributed by atoms with Crippen LogP contribution in [-0.2, 0) is 26.2 Å². The standard InChI is InChI=1S/C36H52N8/c1-2-31-24-32(3-1)28-44-21-13-38-9-17-42(19-11-40(15-23-44)36(44)34(38)42)26-30-6-4-29(5-7-30)25-41-16-8-37-12-20-43(27-31)22-14-39(10-18-41)35(43)33(37)41/h1-7,24,33-36H,8-23,25-28H2/q+4. The van der Waals surface area contributed by atoms with Crippen LogP contribution in [0.15, 0.2) is 48.5 Å². The molecule has 0 aliphatic carbocycles. The minimum absolute atomic E-state index is 0.655. The molecule has 2 aromatic rings. The van der Waals surface area contributed by atoms with Gasteiger partial charge in [0.15, 0.2) is 0 Å². The minimum Gasteiger partial charge on any atom is -0.296 e. The SMILES string of the molecule is c1cc2cc(c1)C[N+]13CCN4CC[N+]5(CCN(CC1)C3C45)Cc1ccc(cc1)C[N+]13CCN4CC[N+]5(CCN(CC1)C5C43)C2. The molecule has 8 nitrogen and oxygen atoms in total. The van der Waals surface area contributed by atoms with Gasteiger partial charge in [-0.15, -0.1) is 0 Å². The van der Waals surface area contributed by atoms with Crippen LogP contribution < -0.4 is 0 Å². The van der Waals surface area contributed by atoms with E-state index in [2.05, 4.69) is 68.1 Å². The van der Waals surface area contributed by atoms with Gasteiger partial charge < -0.3 is 0 Å². The second-order valence-electron chi connectivity index (χ2n) is 16.7. The number of hydrogen-bond donors (Lipinski definition) is 0. The maximum atomic E-state index is 2.93. The molecule has 10 aliphatic heterocycles. The number of nitrogens with zero attached hydrogens (tertiary/aromatic N) is 8. The molecule has 0 amide bonds. The Kier molecular flexibility index (Phi) is 5.32. The zero-order valence-corrected chi connectivity index (χ0v) is 26.6. The summed E-state index contributed by atoms with van der Waals surface area (Å²) in [5.74, 6) is 0. The molecule has 10 heterocycles. The van der Waals surface area contributed by atoms with Gasteiger partial charge in [-0.3, -0.25) is 17.9 Å². The fourth-order valence-corrected chi connectivity index (χ4v) is 12.9. The molecule has 8 fully saturated rings. The minimum atomic E-state index is 0.655. The van der Waals surface area contributed by atoms with Crippen LogP contribution in [0.2, 0.25) is 0 Å². The number of fused-ring (bicyclic) bond motifs is 2. The Morgan fingerprint density at radius 2 is 0.636 bits per heavy atom. The molecule has 232 valence electrons. The summed E-state index contributed by atoms with van der Waals surface area (Å²) in [4.78, 5) is 11.7. The average Bonchev–Trinajstić information content (AvgIpc) is 3.78. The highest BCUT2D eigenvalue weighted by Gasteiger charge is 2.69. The van der Waals surface area contributed by atoms with Crippen molar-refractivity contribution in [2.75, 3.05) is 105 Å². The predicted molar refractivity (Wildman–Crippen MR) is 169 cm³/mol. The smallest absolute Gasteiger partial charge is 0.214 e. The summed E-state index contributed by atoms with van der Waals surface area (Å²) in [7, 11) is 0. The van der Waals surface area contributed by atoms with Gasteiger partial charge in [-0.2, -0.15) is 0 Å². The van der Waals surface area contributed by atoms with E-state index in [0.29, 0.717) is 24.7 Å². The summed E-state index contributed by atoms with van der Waals surface area (Å²) >= 11 is 0. The molecule has 8 unspecified atom stereocenters. The fraction of sp³-hybridized carbons (Fsp3) is 0.667. The number of piperazine rings is 4. The first-order chi connectivity index (χ1) is 21.6. The van der Waals surface area contributed by atoms with Gasteiger partial charge in [0.1, 0.15) is 26.2 Å². The largest absolute Gasteiger partial charge is 0.296 e. The van der Waals surface area contributed by atoms with Crippen molar-refractivity contribution in [1.82, 2.24) is 19.6 Å². The van der Waals surface area contributed by atoms with Gasteiger partial charge in [-0.25, -0.2) is 19.6 Å². The van der Waals surface area contributed by atoms with Crippen molar-refractivity contribution in [3.05, 3.63) is 70.8 Å². The lowest BCUT2D eigenvalue weighted by molar-refractivity contribution is -1.04. The van der Waals surface area contributed by atoms with E-state index in [1.54, 1.807) is 22.3 Å². The maximum absolute atomic E-state index is 2.93. The molecule has 12 rings (SSSR count). The van der Waals surface area contributed by atoms with E-state index in [4.69, 9.17) is 0 Å². The summed E-state index contributed by atoms with van der Waals surface area (Å²) in [5, 5.41) is 0. The van der Waals surface area contributed by atoms with E-state index >= 15 is 0 Å². The maximum Gasteiger partial charge on any atom is 0.214 e. The summed E-state index contributed by atoms with van der Waals surface area (Å²) in [5.41, 5.74) is 6.37. The van der Waals surface area contributed by atoms with E-state index in [-0.39, 0.29) is 0 Å². The van der Waals surface area contributed by atoms with Gasteiger partial charge in [0.05, 0.1) is 105 Å². The van der Waals surface area contributed by atoms with Crippen LogP contribution in [0.25, 0.3) is 0 Å². The predicted octanol–water partition coefficient (Wildman–Crippen LogP) is 1.29. The first-order valence-corrected chi connectivity index (χ1v) is 18.1. The van der Waals surface area contributed by atoms with Gasteiger partial charge in [-0.1, -0.05) is 42.5 Å². The number of quaternary nitrogens is 4. The van der Waals surface area contributed by atoms with Gasteiger partial charge in [0, 0.05) is 22.3 Å². The molecule has 8 saturated heterocycles. The molecule has 0 N–H and O–H groups in total. The van der Waals surface area contributed by atoms with Crippen LogP contribution in [0.4, 0.5) is 0 Å². The molecule has 10 aliphatic rings. The highest BCUT2D eigenvalue weighted by molar-refractivity contribution is 5.24. The van der Waals surface area contributed by atoms with Gasteiger partial charge in [0.2, 0.25) is 24.7 Å². The Morgan fingerprint density at radius 1 is 0.364 bits per heavy atom. The number of benzene rings is 2. The molecule has 8 heteroatoms. The third kappa shape index (κ3) is 3.41. The third-order valence-corrected chi connectivity index (χ3v) is 14.9. The lowest BCUT2D eigenvalue weighted by Crippen LogP contribution is -2.77. The number of rotatable bonds is 0. The molecular formula is C36H52N8+4. The monoisotopic (exact) mass is 596 g/mol. The topological polar surface area (TPSA) is 13.0 Å². The number of hydrogen-bond acceptors (Lipinski definition) is 4. The quantitative estimate of drug-likeness (QED) is 0.425. The van der Waals surface area contributed by atoms with Crippen LogP contribution >= 0.6 is 0 Å². The van der Waals surface area contributed by atoms with E-state index < -0.39 is 0 Å². The lowest BCUT2D eigenvalue weighted by Gasteiger charge is -2.56. The Morgan fingerprint density at radius 3 is 0.932 bits per heavy atom. The zero-order chi connectivity index (χ0) is 28.7. The molecule has 8 atom stereocenters. The van der Waals surface area contributed by atoms with Crippen molar-refractivity contribution in [3.63, 3.8) is 0 Å². The van der Waals surface area contributed by atoms with E-state index in [0.717, 1.165) is 0 Å². The Bertz CT molecular complexity index is 1390. The lowest BCUT2D eigenvalue weighted by atomic mass is 10.0. The molecule has 0 spiro atoms. The van der Waals surface area contributed by atoms with Crippen molar-refractivity contribution < 1.29 is 17.9 Å². The Balaban J connectivity index is 1.05. The summed E-state index contributed by atoms with van der Waals surface area (Å²) < 4.78 is 5.21. The molecule has 0 radical (unpaired) electrons. The van der Waals surface area contributed by atoms with Crippen molar-refractivity contribution in [3.8, 4) is 0 Å². The second kappa shape index (κ2) is 8.92. The van der Waals surface area contributed by atoms with Crippen molar-refractivity contribution in [1.29, 1.82) is 0 Å². The second-order valence-corrected chi connectivity index (χ2v) is 16.7. The van der Waals surface area contributed by atoms with Crippen molar-refractivity contribution in [2.45, 2.75) is 50.8 Å². The van der Waals surface area contributed by atoms with Crippen LogP contribution in [0.5, 0.6) is 0 Å². The van der Waals surface area contributed by atoms with Crippen LogP contribution in [-0.4, -0.2) is 167 Å². The van der Waals surface area contributed by atoms with Crippen LogP contribution in [0, 0.1) is 0 Å². The zero-order valence-electron chi connectivity index (χ0n) is 26.6. The first kappa shape index (κ1) is 26.2. The molecule has 2 aromatic carbocycles. The third-order valence-electron chi connectivity index (χ3n) is 14.9.